The maximum atomic E-state index is 13.1. The maximum absolute atomic E-state index is 13.1. The lowest BCUT2D eigenvalue weighted by molar-refractivity contribution is -0.385. The van der Waals surface area contributed by atoms with Gasteiger partial charge in [0.05, 0.1) is 16.6 Å². The van der Waals surface area contributed by atoms with Gasteiger partial charge in [-0.3, -0.25) is 10.1 Å². The highest BCUT2D eigenvalue weighted by Crippen LogP contribution is 2.23. The van der Waals surface area contributed by atoms with Gasteiger partial charge in [-0.2, -0.15) is 0 Å². The van der Waals surface area contributed by atoms with Crippen LogP contribution in [0.4, 0.5) is 14.5 Å². The lowest BCUT2D eigenvalue weighted by atomic mass is 10.1. The van der Waals surface area contributed by atoms with E-state index in [1.54, 1.807) is 6.20 Å². The Bertz CT molecular complexity index is 471. The molecule has 6 heteroatoms. The van der Waals surface area contributed by atoms with Gasteiger partial charge in [0, 0.05) is 13.1 Å². The van der Waals surface area contributed by atoms with Gasteiger partial charge in [-0.25, -0.2) is 8.78 Å². The molecule has 0 bridgehead atoms. The first-order valence-electron chi connectivity index (χ1n) is 5.55. The molecule has 0 N–H and O–H groups in total. The zero-order chi connectivity index (χ0) is 13.7. The number of nitro groups is 1. The Morgan fingerprint density at radius 2 is 1.83 bits per heavy atom. The number of hydrogen-bond acceptors (Lipinski definition) is 3. The van der Waals surface area contributed by atoms with Crippen LogP contribution in [0.2, 0.25) is 0 Å². The lowest BCUT2D eigenvalue weighted by Gasteiger charge is -2.14. The molecule has 0 spiro atoms. The second-order valence-corrected chi connectivity index (χ2v) is 3.62. The third kappa shape index (κ3) is 3.26. The molecular formula is C12H14F2N2O2. The Hall–Kier alpha value is -1.98. The molecule has 98 valence electrons. The molecule has 0 aliphatic heterocycles. The van der Waals surface area contributed by atoms with E-state index in [-0.39, 0.29) is 5.56 Å². The van der Waals surface area contributed by atoms with Crippen LogP contribution < -0.4 is 0 Å². The molecule has 4 nitrogen and oxygen atoms in total. The largest absolute Gasteiger partial charge is 0.378 e. The molecule has 0 amide bonds. The predicted octanol–water partition coefficient (Wildman–Crippen LogP) is 3.19. The van der Waals surface area contributed by atoms with Crippen LogP contribution in [0.1, 0.15) is 19.4 Å². The molecule has 18 heavy (non-hydrogen) atoms. The van der Waals surface area contributed by atoms with Gasteiger partial charge >= 0.3 is 0 Å². The minimum absolute atomic E-state index is 0.0470. The highest BCUT2D eigenvalue weighted by Gasteiger charge is 2.16. The molecule has 0 fully saturated rings. The average Bonchev–Trinajstić information content (AvgIpc) is 2.34. The van der Waals surface area contributed by atoms with E-state index in [0.29, 0.717) is 6.07 Å². The molecule has 0 saturated heterocycles. The molecule has 1 aromatic rings. The molecule has 0 saturated carbocycles. The fraction of sp³-hybridized carbons (Fsp3) is 0.333. The van der Waals surface area contributed by atoms with E-state index < -0.39 is 22.2 Å². The van der Waals surface area contributed by atoms with Crippen LogP contribution >= 0.6 is 0 Å². The summed E-state index contributed by atoms with van der Waals surface area (Å²) in [6.07, 6.45) is 3.04. The highest BCUT2D eigenvalue weighted by molar-refractivity contribution is 5.60. The van der Waals surface area contributed by atoms with Crippen LogP contribution in [0.3, 0.4) is 0 Å². The van der Waals surface area contributed by atoms with Crippen molar-refractivity contribution in [1.29, 1.82) is 0 Å². The molecular weight excluding hydrogens is 242 g/mol. The maximum Gasteiger partial charge on any atom is 0.279 e. The number of rotatable bonds is 5. The number of nitrogens with zero attached hydrogens (tertiary/aromatic N) is 2. The Morgan fingerprint density at radius 1 is 1.28 bits per heavy atom. The van der Waals surface area contributed by atoms with Crippen molar-refractivity contribution in [3.05, 3.63) is 45.6 Å². The minimum Gasteiger partial charge on any atom is -0.378 e. The van der Waals surface area contributed by atoms with E-state index in [9.17, 15) is 18.9 Å². The summed E-state index contributed by atoms with van der Waals surface area (Å²) in [6, 6.07) is 1.42. The Kier molecular flexibility index (Phi) is 4.76. The van der Waals surface area contributed by atoms with Gasteiger partial charge in [0.25, 0.3) is 5.69 Å². The first kappa shape index (κ1) is 14.1. The van der Waals surface area contributed by atoms with Crippen molar-refractivity contribution in [2.45, 2.75) is 13.8 Å². The monoisotopic (exact) mass is 256 g/mol. The number of halogens is 2. The van der Waals surface area contributed by atoms with E-state index in [1.807, 2.05) is 18.7 Å². The lowest BCUT2D eigenvalue weighted by Crippen LogP contribution is -2.15. The van der Waals surface area contributed by atoms with Crippen LogP contribution in [-0.2, 0) is 0 Å². The number of benzene rings is 1. The Balaban J connectivity index is 3.14. The second kappa shape index (κ2) is 6.09. The second-order valence-electron chi connectivity index (χ2n) is 3.62. The molecule has 1 aromatic carbocycles. The van der Waals surface area contributed by atoms with Crippen molar-refractivity contribution in [2.24, 2.45) is 0 Å². The molecule has 0 atom stereocenters. The first-order chi connectivity index (χ1) is 8.49. The fourth-order valence-electron chi connectivity index (χ4n) is 1.46. The SMILES string of the molecule is CCN(/C=C/c1cc(F)c(F)cc1[N+](=O)[O-])CC. The van der Waals surface area contributed by atoms with E-state index in [0.717, 1.165) is 19.2 Å². The molecule has 0 aliphatic carbocycles. The summed E-state index contributed by atoms with van der Waals surface area (Å²) in [4.78, 5) is 11.9. The van der Waals surface area contributed by atoms with Crippen LogP contribution in [-0.4, -0.2) is 22.9 Å². The summed E-state index contributed by atoms with van der Waals surface area (Å²) in [7, 11) is 0. The molecule has 1 rings (SSSR count). The van der Waals surface area contributed by atoms with Gasteiger partial charge in [0.2, 0.25) is 0 Å². The normalized spacial score (nSPS) is 10.9. The van der Waals surface area contributed by atoms with Gasteiger partial charge in [-0.1, -0.05) is 0 Å². The van der Waals surface area contributed by atoms with Crippen LogP contribution in [0.5, 0.6) is 0 Å². The smallest absolute Gasteiger partial charge is 0.279 e. The van der Waals surface area contributed by atoms with Crippen molar-refractivity contribution < 1.29 is 13.7 Å². The third-order valence-corrected chi connectivity index (χ3v) is 2.54. The molecule has 0 aromatic heterocycles. The van der Waals surface area contributed by atoms with Crippen molar-refractivity contribution in [2.75, 3.05) is 13.1 Å². The molecule has 0 aliphatic rings. The average molecular weight is 256 g/mol. The van der Waals surface area contributed by atoms with E-state index in [4.69, 9.17) is 0 Å². The van der Waals surface area contributed by atoms with Gasteiger partial charge in [0.1, 0.15) is 0 Å². The third-order valence-electron chi connectivity index (χ3n) is 2.54. The summed E-state index contributed by atoms with van der Waals surface area (Å²) < 4.78 is 26.0. The van der Waals surface area contributed by atoms with Gasteiger partial charge in [-0.15, -0.1) is 0 Å². The topological polar surface area (TPSA) is 46.4 Å². The summed E-state index contributed by atoms with van der Waals surface area (Å²) in [5.41, 5.74) is -0.400. The van der Waals surface area contributed by atoms with Crippen LogP contribution in [0, 0.1) is 21.7 Å². The summed E-state index contributed by atoms with van der Waals surface area (Å²) >= 11 is 0. The van der Waals surface area contributed by atoms with Gasteiger partial charge in [0.15, 0.2) is 11.6 Å². The van der Waals surface area contributed by atoms with Crippen molar-refractivity contribution in [3.63, 3.8) is 0 Å². The molecule has 0 heterocycles. The number of hydrogen-bond donors (Lipinski definition) is 0. The Labute approximate surface area is 104 Å². The van der Waals surface area contributed by atoms with E-state index in [1.165, 1.54) is 6.08 Å². The van der Waals surface area contributed by atoms with Crippen molar-refractivity contribution in [1.82, 2.24) is 4.90 Å². The summed E-state index contributed by atoms with van der Waals surface area (Å²) in [5.74, 6) is -2.32. The van der Waals surface area contributed by atoms with Crippen LogP contribution in [0.15, 0.2) is 18.3 Å². The van der Waals surface area contributed by atoms with Crippen molar-refractivity contribution in [3.8, 4) is 0 Å². The molecule has 0 radical (unpaired) electrons. The van der Waals surface area contributed by atoms with Crippen LogP contribution in [0.25, 0.3) is 6.08 Å². The first-order valence-corrected chi connectivity index (χ1v) is 5.55. The zero-order valence-corrected chi connectivity index (χ0v) is 10.2. The minimum atomic E-state index is -1.22. The Morgan fingerprint density at radius 3 is 2.33 bits per heavy atom. The summed E-state index contributed by atoms with van der Waals surface area (Å²) in [5, 5.41) is 10.7. The quantitative estimate of drug-likeness (QED) is 0.600. The fourth-order valence-corrected chi connectivity index (χ4v) is 1.46. The summed E-state index contributed by atoms with van der Waals surface area (Å²) in [6.45, 7) is 5.30. The highest BCUT2D eigenvalue weighted by atomic mass is 19.2. The zero-order valence-electron chi connectivity index (χ0n) is 10.2. The van der Waals surface area contributed by atoms with Gasteiger partial charge in [-0.05, 0) is 32.2 Å². The standard InChI is InChI=1S/C12H14F2N2O2/c1-3-15(4-2)6-5-9-7-10(13)11(14)8-12(9)16(17)18/h5-8H,3-4H2,1-2H3/b6-5+. The molecule has 0 unspecified atom stereocenters. The van der Waals surface area contributed by atoms with E-state index in [2.05, 4.69) is 0 Å². The van der Waals surface area contributed by atoms with Gasteiger partial charge < -0.3 is 4.90 Å². The van der Waals surface area contributed by atoms with Crippen molar-refractivity contribution >= 4 is 11.8 Å². The van der Waals surface area contributed by atoms with E-state index >= 15 is 0 Å². The number of nitro benzene ring substituents is 1. The predicted molar refractivity (Wildman–Crippen MR) is 65.0 cm³/mol.